The first-order valence-corrected chi connectivity index (χ1v) is 7.80. The molecule has 0 radical (unpaired) electrons. The molecule has 3 aromatic rings. The molecule has 0 aliphatic heterocycles. The molecule has 1 aromatic carbocycles. The fourth-order valence-electron chi connectivity index (χ4n) is 2.08. The first kappa shape index (κ1) is 14.4. The molecule has 4 nitrogen and oxygen atoms in total. The van der Waals surface area contributed by atoms with Gasteiger partial charge in [-0.1, -0.05) is 24.0 Å². The van der Waals surface area contributed by atoms with Gasteiger partial charge in [0.05, 0.1) is 18.1 Å². The molecule has 0 fully saturated rings. The summed E-state index contributed by atoms with van der Waals surface area (Å²) in [5, 5.41) is 6.39. The number of fused-ring (bicyclic) bond motifs is 1. The van der Waals surface area contributed by atoms with Crippen LogP contribution in [0.1, 0.15) is 12.0 Å². The Bertz CT molecular complexity index is 832. The number of nitrogens with zero attached hydrogens (tertiary/aromatic N) is 2. The summed E-state index contributed by atoms with van der Waals surface area (Å²) in [4.78, 5) is 9.51. The molecular weight excluding hydrogens is 294 g/mol. The van der Waals surface area contributed by atoms with Crippen molar-refractivity contribution in [3.63, 3.8) is 0 Å². The molecule has 1 N–H and O–H groups in total. The maximum Gasteiger partial charge on any atom is 0.138 e. The first-order valence-electron chi connectivity index (χ1n) is 6.92. The average Bonchev–Trinajstić information content (AvgIpc) is 3.04. The summed E-state index contributed by atoms with van der Waals surface area (Å²) in [6, 6.07) is 9.80. The monoisotopic (exact) mass is 309 g/mol. The number of ether oxygens (including phenoxy) is 1. The molecule has 5 heteroatoms. The van der Waals surface area contributed by atoms with Crippen molar-refractivity contribution in [2.75, 3.05) is 19.0 Å². The van der Waals surface area contributed by atoms with Crippen LogP contribution >= 0.6 is 11.3 Å². The van der Waals surface area contributed by atoms with Crippen molar-refractivity contribution in [3.05, 3.63) is 47.6 Å². The number of aromatic nitrogens is 2. The van der Waals surface area contributed by atoms with Gasteiger partial charge in [-0.2, -0.15) is 0 Å². The van der Waals surface area contributed by atoms with Crippen LogP contribution in [0.25, 0.3) is 10.2 Å². The van der Waals surface area contributed by atoms with Crippen LogP contribution in [-0.4, -0.2) is 23.6 Å². The van der Waals surface area contributed by atoms with Crippen LogP contribution in [0.15, 0.2) is 42.0 Å². The van der Waals surface area contributed by atoms with Crippen molar-refractivity contribution in [2.45, 2.75) is 6.42 Å². The lowest BCUT2D eigenvalue weighted by Crippen LogP contribution is -2.02. The lowest BCUT2D eigenvalue weighted by Gasteiger charge is -2.03. The third-order valence-corrected chi connectivity index (χ3v) is 3.95. The normalized spacial score (nSPS) is 10.0. The van der Waals surface area contributed by atoms with E-state index in [-0.39, 0.29) is 0 Å². The molecule has 3 rings (SSSR count). The van der Waals surface area contributed by atoms with Crippen LogP contribution in [0.4, 0.5) is 5.82 Å². The van der Waals surface area contributed by atoms with E-state index in [1.165, 1.54) is 0 Å². The molecule has 0 amide bonds. The Morgan fingerprint density at radius 2 is 2.14 bits per heavy atom. The third kappa shape index (κ3) is 3.18. The van der Waals surface area contributed by atoms with Gasteiger partial charge in [-0.15, -0.1) is 11.3 Å². The Morgan fingerprint density at radius 1 is 1.23 bits per heavy atom. The molecule has 0 spiro atoms. The predicted octanol–water partition coefficient (Wildman–Crippen LogP) is 3.55. The van der Waals surface area contributed by atoms with Gasteiger partial charge in [0.2, 0.25) is 0 Å². The van der Waals surface area contributed by atoms with Gasteiger partial charge in [-0.3, -0.25) is 0 Å². The Morgan fingerprint density at radius 3 is 3.05 bits per heavy atom. The smallest absolute Gasteiger partial charge is 0.138 e. The highest BCUT2D eigenvalue weighted by molar-refractivity contribution is 7.16. The topological polar surface area (TPSA) is 47.0 Å². The molecule has 2 aromatic heterocycles. The molecule has 110 valence electrons. The standard InChI is InChI=1S/C17H15N3OS/c1-21-15-8-3-2-6-13(15)7-4-5-10-18-16-14-9-11-22-17(14)20-12-19-16/h2-3,6,8-9,11-12H,5,10H2,1H3,(H,18,19,20). The molecule has 0 bridgehead atoms. The molecule has 0 atom stereocenters. The maximum absolute atomic E-state index is 5.28. The minimum atomic E-state index is 0.730. The fraction of sp³-hybridized carbons (Fsp3) is 0.176. The first-order chi connectivity index (χ1) is 10.9. The van der Waals surface area contributed by atoms with Crippen LogP contribution in [-0.2, 0) is 0 Å². The van der Waals surface area contributed by atoms with Gasteiger partial charge in [0, 0.05) is 13.0 Å². The second-order valence-corrected chi connectivity index (χ2v) is 5.44. The summed E-state index contributed by atoms with van der Waals surface area (Å²) in [7, 11) is 1.66. The highest BCUT2D eigenvalue weighted by Gasteiger charge is 2.02. The molecular formula is C17H15N3OS. The lowest BCUT2D eigenvalue weighted by molar-refractivity contribution is 0.413. The highest BCUT2D eigenvalue weighted by Crippen LogP contribution is 2.23. The summed E-state index contributed by atoms with van der Waals surface area (Å²) in [5.74, 6) is 7.96. The van der Waals surface area contributed by atoms with Crippen LogP contribution in [0.2, 0.25) is 0 Å². The zero-order valence-electron chi connectivity index (χ0n) is 12.2. The van der Waals surface area contributed by atoms with Crippen molar-refractivity contribution in [1.29, 1.82) is 0 Å². The number of nitrogens with one attached hydrogen (secondary N) is 1. The molecule has 0 aliphatic rings. The summed E-state index contributed by atoms with van der Waals surface area (Å²) >= 11 is 1.61. The van der Waals surface area contributed by atoms with Crippen molar-refractivity contribution in [1.82, 2.24) is 9.97 Å². The number of methoxy groups -OCH3 is 1. The van der Waals surface area contributed by atoms with E-state index in [1.54, 1.807) is 24.8 Å². The fourth-order valence-corrected chi connectivity index (χ4v) is 2.81. The summed E-state index contributed by atoms with van der Waals surface area (Å²) in [5.41, 5.74) is 0.910. The Labute approximate surface area is 133 Å². The van der Waals surface area contributed by atoms with Gasteiger partial charge in [0.25, 0.3) is 0 Å². The van der Waals surface area contributed by atoms with E-state index < -0.39 is 0 Å². The van der Waals surface area contributed by atoms with Gasteiger partial charge < -0.3 is 10.1 Å². The van der Waals surface area contributed by atoms with E-state index in [0.29, 0.717) is 0 Å². The Balaban J connectivity index is 1.60. The number of hydrogen-bond acceptors (Lipinski definition) is 5. The van der Waals surface area contributed by atoms with E-state index in [2.05, 4.69) is 27.1 Å². The molecule has 2 heterocycles. The molecule has 0 saturated carbocycles. The number of para-hydroxylation sites is 1. The van der Waals surface area contributed by atoms with E-state index in [1.807, 2.05) is 35.7 Å². The summed E-state index contributed by atoms with van der Waals surface area (Å²) < 4.78 is 5.28. The summed E-state index contributed by atoms with van der Waals surface area (Å²) in [6.07, 6.45) is 2.31. The van der Waals surface area contributed by atoms with Gasteiger partial charge in [-0.25, -0.2) is 9.97 Å². The average molecular weight is 309 g/mol. The van der Waals surface area contributed by atoms with Crippen molar-refractivity contribution >= 4 is 27.4 Å². The number of rotatable bonds is 4. The van der Waals surface area contributed by atoms with Crippen molar-refractivity contribution in [2.24, 2.45) is 0 Å². The van der Waals surface area contributed by atoms with E-state index >= 15 is 0 Å². The van der Waals surface area contributed by atoms with Crippen LogP contribution in [0, 0.1) is 11.8 Å². The zero-order valence-corrected chi connectivity index (χ0v) is 13.0. The van der Waals surface area contributed by atoms with Crippen molar-refractivity contribution in [3.8, 4) is 17.6 Å². The largest absolute Gasteiger partial charge is 0.495 e. The second-order valence-electron chi connectivity index (χ2n) is 4.54. The SMILES string of the molecule is COc1ccccc1C#CCCNc1ncnc2sccc12. The molecule has 0 unspecified atom stereocenters. The van der Waals surface area contributed by atoms with Gasteiger partial charge >= 0.3 is 0 Å². The molecule has 22 heavy (non-hydrogen) atoms. The number of thiophene rings is 1. The number of hydrogen-bond donors (Lipinski definition) is 1. The molecule has 0 saturated heterocycles. The number of anilines is 1. The minimum absolute atomic E-state index is 0.730. The highest BCUT2D eigenvalue weighted by atomic mass is 32.1. The third-order valence-electron chi connectivity index (χ3n) is 3.13. The van der Waals surface area contributed by atoms with E-state index in [0.717, 1.165) is 40.3 Å². The van der Waals surface area contributed by atoms with E-state index in [9.17, 15) is 0 Å². The second kappa shape index (κ2) is 6.92. The van der Waals surface area contributed by atoms with Gasteiger partial charge in [0.15, 0.2) is 0 Å². The lowest BCUT2D eigenvalue weighted by atomic mass is 10.2. The van der Waals surface area contributed by atoms with Crippen LogP contribution in [0.5, 0.6) is 5.75 Å². The zero-order chi connectivity index (χ0) is 15.2. The quantitative estimate of drug-likeness (QED) is 0.591. The van der Waals surface area contributed by atoms with Gasteiger partial charge in [-0.05, 0) is 23.6 Å². The maximum atomic E-state index is 5.28. The summed E-state index contributed by atoms with van der Waals surface area (Å²) in [6.45, 7) is 0.740. The van der Waals surface area contributed by atoms with Gasteiger partial charge in [0.1, 0.15) is 22.7 Å². The van der Waals surface area contributed by atoms with E-state index in [4.69, 9.17) is 4.74 Å². The predicted molar refractivity (Wildman–Crippen MR) is 90.4 cm³/mol. The Kier molecular flexibility index (Phi) is 4.52. The minimum Gasteiger partial charge on any atom is -0.495 e. The van der Waals surface area contributed by atoms with Crippen molar-refractivity contribution < 1.29 is 4.74 Å². The molecule has 0 aliphatic carbocycles. The number of benzene rings is 1. The van der Waals surface area contributed by atoms with Crippen LogP contribution < -0.4 is 10.1 Å². The Hall–Kier alpha value is -2.58. The van der Waals surface area contributed by atoms with Crippen LogP contribution in [0.3, 0.4) is 0 Å².